The van der Waals surface area contributed by atoms with E-state index in [4.69, 9.17) is 10.00 Å². The van der Waals surface area contributed by atoms with Crippen molar-refractivity contribution in [3.63, 3.8) is 0 Å². The Labute approximate surface area is 106 Å². The first-order valence-corrected chi connectivity index (χ1v) is 5.56. The van der Waals surface area contributed by atoms with Crippen LogP contribution < -0.4 is 10.1 Å². The summed E-state index contributed by atoms with van der Waals surface area (Å²) >= 11 is 0. The van der Waals surface area contributed by atoms with E-state index in [9.17, 15) is 0 Å². The molecule has 4 nitrogen and oxygen atoms in total. The fourth-order valence-electron chi connectivity index (χ4n) is 1.63. The first kappa shape index (κ1) is 11.9. The molecule has 4 heteroatoms. The lowest BCUT2D eigenvalue weighted by Gasteiger charge is -2.09. The van der Waals surface area contributed by atoms with Crippen molar-refractivity contribution in [1.82, 2.24) is 4.98 Å². The minimum atomic E-state index is 0.403. The Morgan fingerprint density at radius 2 is 2.06 bits per heavy atom. The standard InChI is InChI=1S/C14H13N3O/c1-18-13-7-3-2-5-11(13)10-16-14-8-4-6-12(9-15)17-14/h2-8H,10H2,1H3,(H,16,17). The third kappa shape index (κ3) is 2.77. The summed E-state index contributed by atoms with van der Waals surface area (Å²) in [6, 6.07) is 15.1. The minimum absolute atomic E-state index is 0.403. The number of ether oxygens (including phenoxy) is 1. The number of hydrogen-bond acceptors (Lipinski definition) is 4. The maximum absolute atomic E-state index is 8.77. The first-order chi connectivity index (χ1) is 8.83. The molecule has 1 aromatic heterocycles. The molecule has 0 amide bonds. The Morgan fingerprint density at radius 1 is 1.22 bits per heavy atom. The quantitative estimate of drug-likeness (QED) is 0.890. The number of nitrogens with zero attached hydrogens (tertiary/aromatic N) is 2. The molecule has 0 saturated heterocycles. The Balaban J connectivity index is 2.09. The van der Waals surface area contributed by atoms with Crippen LogP contribution >= 0.6 is 0 Å². The predicted molar refractivity (Wildman–Crippen MR) is 69.3 cm³/mol. The third-order valence-corrected chi connectivity index (χ3v) is 2.52. The highest BCUT2D eigenvalue weighted by molar-refractivity contribution is 5.41. The molecule has 18 heavy (non-hydrogen) atoms. The maximum atomic E-state index is 8.77. The Hall–Kier alpha value is -2.54. The molecule has 0 atom stereocenters. The second kappa shape index (κ2) is 5.69. The van der Waals surface area contributed by atoms with Crippen molar-refractivity contribution < 1.29 is 4.74 Å². The van der Waals surface area contributed by atoms with Crippen molar-refractivity contribution in [2.24, 2.45) is 0 Å². The number of anilines is 1. The van der Waals surface area contributed by atoms with Crippen LogP contribution in [0, 0.1) is 11.3 Å². The van der Waals surface area contributed by atoms with Gasteiger partial charge in [0.25, 0.3) is 0 Å². The molecule has 2 rings (SSSR count). The molecule has 0 radical (unpaired) electrons. The molecule has 1 heterocycles. The third-order valence-electron chi connectivity index (χ3n) is 2.52. The van der Waals surface area contributed by atoms with Gasteiger partial charge in [0, 0.05) is 12.1 Å². The Kier molecular flexibility index (Phi) is 3.77. The summed E-state index contributed by atoms with van der Waals surface area (Å²) in [6.45, 7) is 0.603. The van der Waals surface area contributed by atoms with Crippen LogP contribution in [0.5, 0.6) is 5.75 Å². The highest BCUT2D eigenvalue weighted by Gasteiger charge is 2.02. The Morgan fingerprint density at radius 3 is 2.83 bits per heavy atom. The van der Waals surface area contributed by atoms with Crippen LogP contribution in [0.1, 0.15) is 11.3 Å². The van der Waals surface area contributed by atoms with E-state index in [0.29, 0.717) is 18.1 Å². The molecular weight excluding hydrogens is 226 g/mol. The lowest BCUT2D eigenvalue weighted by atomic mass is 10.2. The van der Waals surface area contributed by atoms with E-state index in [0.717, 1.165) is 11.3 Å². The molecular formula is C14H13N3O. The lowest BCUT2D eigenvalue weighted by molar-refractivity contribution is 0.410. The van der Waals surface area contributed by atoms with Crippen molar-refractivity contribution in [2.45, 2.75) is 6.54 Å². The van der Waals surface area contributed by atoms with Gasteiger partial charge >= 0.3 is 0 Å². The van der Waals surface area contributed by atoms with E-state index in [-0.39, 0.29) is 0 Å². The summed E-state index contributed by atoms with van der Waals surface area (Å²) in [4.78, 5) is 4.15. The van der Waals surface area contributed by atoms with Crippen LogP contribution in [0.4, 0.5) is 5.82 Å². The van der Waals surface area contributed by atoms with Crippen LogP contribution in [0.15, 0.2) is 42.5 Å². The van der Waals surface area contributed by atoms with Crippen molar-refractivity contribution in [3.05, 3.63) is 53.7 Å². The van der Waals surface area contributed by atoms with E-state index in [2.05, 4.69) is 10.3 Å². The van der Waals surface area contributed by atoms with Gasteiger partial charge in [-0.25, -0.2) is 4.98 Å². The number of hydrogen-bond donors (Lipinski definition) is 1. The normalized spacial score (nSPS) is 9.56. The van der Waals surface area contributed by atoms with E-state index >= 15 is 0 Å². The van der Waals surface area contributed by atoms with Crippen molar-refractivity contribution >= 4 is 5.82 Å². The molecule has 0 aliphatic carbocycles. The van der Waals surface area contributed by atoms with Crippen LogP contribution in [0.25, 0.3) is 0 Å². The Bertz CT molecular complexity index is 575. The van der Waals surface area contributed by atoms with Crippen LogP contribution in [-0.4, -0.2) is 12.1 Å². The summed E-state index contributed by atoms with van der Waals surface area (Å²) in [5.41, 5.74) is 1.45. The zero-order chi connectivity index (χ0) is 12.8. The molecule has 2 aromatic rings. The number of para-hydroxylation sites is 1. The summed E-state index contributed by atoms with van der Waals surface area (Å²) in [5.74, 6) is 1.52. The zero-order valence-corrected chi connectivity index (χ0v) is 10.1. The summed E-state index contributed by atoms with van der Waals surface area (Å²) in [5, 5.41) is 11.9. The molecule has 0 bridgehead atoms. The van der Waals surface area contributed by atoms with Gasteiger partial charge in [-0.3, -0.25) is 0 Å². The van der Waals surface area contributed by atoms with Gasteiger partial charge in [-0.2, -0.15) is 5.26 Å². The summed E-state index contributed by atoms with van der Waals surface area (Å²) in [6.07, 6.45) is 0. The number of methoxy groups -OCH3 is 1. The van der Waals surface area contributed by atoms with Crippen molar-refractivity contribution in [3.8, 4) is 11.8 Å². The number of aromatic nitrogens is 1. The maximum Gasteiger partial charge on any atom is 0.142 e. The zero-order valence-electron chi connectivity index (χ0n) is 10.1. The molecule has 0 aliphatic heterocycles. The number of benzene rings is 1. The predicted octanol–water partition coefficient (Wildman–Crippen LogP) is 2.57. The van der Waals surface area contributed by atoms with Crippen LogP contribution in [0.3, 0.4) is 0 Å². The molecule has 0 fully saturated rings. The summed E-state index contributed by atoms with van der Waals surface area (Å²) < 4.78 is 5.27. The molecule has 0 spiro atoms. The monoisotopic (exact) mass is 239 g/mol. The van der Waals surface area contributed by atoms with Gasteiger partial charge in [0.15, 0.2) is 0 Å². The largest absolute Gasteiger partial charge is 0.496 e. The average Bonchev–Trinajstić information content (AvgIpc) is 2.45. The van der Waals surface area contributed by atoms with Gasteiger partial charge in [0.1, 0.15) is 23.3 Å². The topological polar surface area (TPSA) is 57.9 Å². The first-order valence-electron chi connectivity index (χ1n) is 5.56. The van der Waals surface area contributed by atoms with Gasteiger partial charge in [0.05, 0.1) is 7.11 Å². The molecule has 0 unspecified atom stereocenters. The van der Waals surface area contributed by atoms with Crippen molar-refractivity contribution in [1.29, 1.82) is 5.26 Å². The number of nitrogens with one attached hydrogen (secondary N) is 1. The molecule has 0 saturated carbocycles. The number of pyridine rings is 1. The highest BCUT2D eigenvalue weighted by Crippen LogP contribution is 2.18. The van der Waals surface area contributed by atoms with E-state index in [1.807, 2.05) is 36.4 Å². The smallest absolute Gasteiger partial charge is 0.142 e. The van der Waals surface area contributed by atoms with Crippen LogP contribution in [0.2, 0.25) is 0 Å². The second-order valence-electron chi connectivity index (χ2n) is 3.69. The summed E-state index contributed by atoms with van der Waals surface area (Å²) in [7, 11) is 1.65. The van der Waals surface area contributed by atoms with E-state index < -0.39 is 0 Å². The lowest BCUT2D eigenvalue weighted by Crippen LogP contribution is -2.03. The average molecular weight is 239 g/mol. The van der Waals surface area contributed by atoms with E-state index in [1.54, 1.807) is 19.2 Å². The van der Waals surface area contributed by atoms with Crippen LogP contribution in [-0.2, 0) is 6.54 Å². The highest BCUT2D eigenvalue weighted by atomic mass is 16.5. The van der Waals surface area contributed by atoms with Gasteiger partial charge in [-0.1, -0.05) is 24.3 Å². The molecule has 90 valence electrons. The minimum Gasteiger partial charge on any atom is -0.496 e. The second-order valence-corrected chi connectivity index (χ2v) is 3.69. The van der Waals surface area contributed by atoms with Gasteiger partial charge in [-0.15, -0.1) is 0 Å². The number of rotatable bonds is 4. The molecule has 1 N–H and O–H groups in total. The van der Waals surface area contributed by atoms with Gasteiger partial charge in [-0.05, 0) is 18.2 Å². The number of nitriles is 1. The van der Waals surface area contributed by atoms with E-state index in [1.165, 1.54) is 0 Å². The fourth-order valence-corrected chi connectivity index (χ4v) is 1.63. The van der Waals surface area contributed by atoms with Crippen molar-refractivity contribution in [2.75, 3.05) is 12.4 Å². The van der Waals surface area contributed by atoms with Gasteiger partial charge in [0.2, 0.25) is 0 Å². The molecule has 1 aromatic carbocycles. The fraction of sp³-hybridized carbons (Fsp3) is 0.143. The van der Waals surface area contributed by atoms with Gasteiger partial charge < -0.3 is 10.1 Å². The SMILES string of the molecule is COc1ccccc1CNc1cccc(C#N)n1. The molecule has 0 aliphatic rings.